The van der Waals surface area contributed by atoms with E-state index < -0.39 is 0 Å². The van der Waals surface area contributed by atoms with Gasteiger partial charge in [0.05, 0.1) is 0 Å². The molecular weight excluding hydrogens is 164 g/mol. The summed E-state index contributed by atoms with van der Waals surface area (Å²) in [6.07, 6.45) is 0.190. The van der Waals surface area contributed by atoms with E-state index in [4.69, 9.17) is 4.43 Å². The molecule has 4 heteroatoms. The van der Waals surface area contributed by atoms with Gasteiger partial charge in [0.2, 0.25) is 9.76 Å². The predicted octanol–water partition coefficient (Wildman–Crippen LogP) is 0.912. The van der Waals surface area contributed by atoms with Crippen LogP contribution >= 0.6 is 0 Å². The normalized spacial score (nSPS) is 13.6. The average Bonchev–Trinajstić information content (AvgIpc) is 1.82. The number of rotatable bonds is 4. The molecule has 0 amide bonds. The highest BCUT2D eigenvalue weighted by atomic mass is 32.1. The summed E-state index contributed by atoms with van der Waals surface area (Å²) in [6, 6.07) is 0. The number of hydrogen-bond donors (Lipinski definition) is 0. The second kappa shape index (κ2) is 4.82. The Kier molecular flexibility index (Phi) is 4.85. The maximum Gasteiger partial charge on any atom is 0.239 e. The summed E-state index contributed by atoms with van der Waals surface area (Å²) >= 11 is 4.44. The van der Waals surface area contributed by atoms with Crippen LogP contribution in [0.5, 0.6) is 0 Å². The second-order valence-electron chi connectivity index (χ2n) is 2.33. The lowest BCUT2D eigenvalue weighted by Gasteiger charge is -2.13. The predicted molar refractivity (Wildman–Crippen MR) is 43.8 cm³/mol. The molecule has 2 nitrogen and oxygen atoms in total. The molecule has 0 heterocycles. The molecule has 0 aromatic rings. The molecule has 0 aliphatic rings. The number of carbonyl (C=O) groups excluding carboxylic acids is 1. The third-order valence-electron chi connectivity index (χ3n) is 0.834. The Balaban J connectivity index is 3.40. The molecule has 0 N–H and O–H groups in total. The van der Waals surface area contributed by atoms with E-state index in [1.54, 1.807) is 6.92 Å². The van der Waals surface area contributed by atoms with Gasteiger partial charge >= 0.3 is 0 Å². The average molecular weight is 175 g/mol. The molecule has 0 spiro atoms. The standard InChI is InChI=1S/C6H12O2SSi/c1-4(2)8-10-5(3)6(7)9/h4-5H,1-3H3,(H,7,9)/p-1. The molecule has 0 fully saturated rings. The van der Waals surface area contributed by atoms with Crippen LogP contribution < -0.4 is 0 Å². The lowest BCUT2D eigenvalue weighted by atomic mass is 10.5. The van der Waals surface area contributed by atoms with Gasteiger partial charge in [-0.25, -0.2) is 0 Å². The smallest absolute Gasteiger partial charge is 0.239 e. The zero-order valence-corrected chi connectivity index (χ0v) is 8.20. The van der Waals surface area contributed by atoms with E-state index >= 15 is 0 Å². The monoisotopic (exact) mass is 175 g/mol. The first-order chi connectivity index (χ1) is 4.54. The quantitative estimate of drug-likeness (QED) is 0.469. The summed E-state index contributed by atoms with van der Waals surface area (Å²) in [5, 5.41) is -0.209. The zero-order valence-electron chi connectivity index (χ0n) is 6.38. The molecule has 0 bridgehead atoms. The topological polar surface area (TPSA) is 26.3 Å². The lowest BCUT2D eigenvalue weighted by molar-refractivity contribution is -0.110. The highest BCUT2D eigenvalue weighted by Crippen LogP contribution is 2.02. The minimum atomic E-state index is -0.209. The summed E-state index contributed by atoms with van der Waals surface area (Å²) in [5.74, 6) is 0. The van der Waals surface area contributed by atoms with Crippen molar-refractivity contribution < 1.29 is 9.22 Å². The van der Waals surface area contributed by atoms with Gasteiger partial charge in [0.15, 0.2) is 0 Å². The van der Waals surface area contributed by atoms with E-state index in [1.807, 2.05) is 13.8 Å². The van der Waals surface area contributed by atoms with Gasteiger partial charge in [0.25, 0.3) is 0 Å². The Morgan fingerprint density at radius 1 is 1.50 bits per heavy atom. The molecule has 0 aliphatic heterocycles. The van der Waals surface area contributed by atoms with Gasteiger partial charge in [-0.15, -0.1) is 0 Å². The molecule has 0 rings (SSSR count). The first-order valence-corrected chi connectivity index (χ1v) is 4.55. The minimum Gasteiger partial charge on any atom is -0.742 e. The van der Waals surface area contributed by atoms with Crippen molar-refractivity contribution in [1.29, 1.82) is 0 Å². The fraction of sp³-hybridized carbons (Fsp3) is 0.833. The highest BCUT2D eigenvalue weighted by Gasteiger charge is 2.05. The third kappa shape index (κ3) is 4.90. The molecule has 0 saturated carbocycles. The van der Waals surface area contributed by atoms with Gasteiger partial charge in [-0.3, -0.25) is 0 Å². The molecule has 0 aliphatic carbocycles. The van der Waals surface area contributed by atoms with Crippen LogP contribution in [-0.4, -0.2) is 21.0 Å². The SMILES string of the molecule is CC(C)O[Si]C(C)C(=O)[S-]. The minimum absolute atomic E-state index is 0.114. The third-order valence-corrected chi connectivity index (χ3v) is 2.62. The highest BCUT2D eigenvalue weighted by molar-refractivity contribution is 7.77. The molecule has 58 valence electrons. The van der Waals surface area contributed by atoms with E-state index in [-0.39, 0.29) is 26.5 Å². The van der Waals surface area contributed by atoms with E-state index in [2.05, 4.69) is 12.6 Å². The van der Waals surface area contributed by atoms with Gasteiger partial charge in [-0.1, -0.05) is 6.92 Å². The van der Waals surface area contributed by atoms with Crippen LogP contribution in [0.25, 0.3) is 0 Å². The van der Waals surface area contributed by atoms with Gasteiger partial charge in [0, 0.05) is 16.8 Å². The molecule has 0 aromatic heterocycles. The molecule has 2 radical (unpaired) electrons. The van der Waals surface area contributed by atoms with Crippen molar-refractivity contribution in [3.8, 4) is 0 Å². The maximum absolute atomic E-state index is 10.5. The van der Waals surface area contributed by atoms with Gasteiger partial charge in [0.1, 0.15) is 0 Å². The maximum atomic E-state index is 10.5. The summed E-state index contributed by atoms with van der Waals surface area (Å²) < 4.78 is 5.21. The van der Waals surface area contributed by atoms with Gasteiger partial charge < -0.3 is 21.8 Å². The van der Waals surface area contributed by atoms with Crippen LogP contribution in [0.3, 0.4) is 0 Å². The number of hydrogen-bond acceptors (Lipinski definition) is 3. The fourth-order valence-electron chi connectivity index (χ4n) is 0.286. The summed E-state index contributed by atoms with van der Waals surface area (Å²) in [5.41, 5.74) is -0.114. The zero-order chi connectivity index (χ0) is 8.15. The Hall–Kier alpha value is 0.0669. The summed E-state index contributed by atoms with van der Waals surface area (Å²) in [7, 11) is 0.213. The van der Waals surface area contributed by atoms with Crippen molar-refractivity contribution >= 4 is 27.5 Å². The van der Waals surface area contributed by atoms with Crippen molar-refractivity contribution in [1.82, 2.24) is 0 Å². The van der Waals surface area contributed by atoms with Crippen LogP contribution in [0.1, 0.15) is 20.8 Å². The summed E-state index contributed by atoms with van der Waals surface area (Å²) in [6.45, 7) is 5.66. The molecule has 0 saturated heterocycles. The Bertz CT molecular complexity index is 116. The van der Waals surface area contributed by atoms with Crippen molar-refractivity contribution in [3.63, 3.8) is 0 Å². The van der Waals surface area contributed by atoms with Crippen LogP contribution in [0, 0.1) is 0 Å². The molecule has 1 atom stereocenters. The fourth-order valence-corrected chi connectivity index (χ4v) is 1.00. The van der Waals surface area contributed by atoms with Gasteiger partial charge in [-0.05, 0) is 13.8 Å². The molecule has 10 heavy (non-hydrogen) atoms. The first kappa shape index (κ1) is 10.1. The first-order valence-electron chi connectivity index (χ1n) is 3.16. The molecular formula is C6H11O2SSi-. The van der Waals surface area contributed by atoms with Gasteiger partial charge in [-0.2, -0.15) is 0 Å². The Morgan fingerprint density at radius 2 is 2.00 bits per heavy atom. The van der Waals surface area contributed by atoms with E-state index in [0.717, 1.165) is 0 Å². The van der Waals surface area contributed by atoms with Crippen LogP contribution in [0.4, 0.5) is 0 Å². The number of carbonyl (C=O) groups is 1. The van der Waals surface area contributed by atoms with E-state index in [0.29, 0.717) is 0 Å². The van der Waals surface area contributed by atoms with Crippen molar-refractivity contribution in [2.24, 2.45) is 0 Å². The van der Waals surface area contributed by atoms with E-state index in [1.165, 1.54) is 0 Å². The van der Waals surface area contributed by atoms with E-state index in [9.17, 15) is 4.79 Å². The molecule has 1 unspecified atom stereocenters. The van der Waals surface area contributed by atoms with Crippen LogP contribution in [-0.2, 0) is 21.8 Å². The lowest BCUT2D eigenvalue weighted by Crippen LogP contribution is -2.16. The van der Waals surface area contributed by atoms with Crippen molar-refractivity contribution in [3.05, 3.63) is 0 Å². The van der Waals surface area contributed by atoms with Crippen molar-refractivity contribution in [2.45, 2.75) is 32.4 Å². The molecule has 0 aromatic carbocycles. The Morgan fingerprint density at radius 3 is 2.30 bits per heavy atom. The second-order valence-corrected chi connectivity index (χ2v) is 4.06. The Labute approximate surface area is 69.7 Å². The van der Waals surface area contributed by atoms with Crippen LogP contribution in [0.15, 0.2) is 0 Å². The largest absolute Gasteiger partial charge is 0.742 e. The van der Waals surface area contributed by atoms with Crippen molar-refractivity contribution in [2.75, 3.05) is 0 Å². The summed E-state index contributed by atoms with van der Waals surface area (Å²) in [4.78, 5) is 10.5. The van der Waals surface area contributed by atoms with Crippen LogP contribution in [0.2, 0.25) is 5.54 Å².